The van der Waals surface area contributed by atoms with Crippen LogP contribution in [-0.4, -0.2) is 49.4 Å². The molecule has 0 bridgehead atoms. The van der Waals surface area contributed by atoms with Crippen LogP contribution in [0.3, 0.4) is 0 Å². The van der Waals surface area contributed by atoms with Crippen molar-refractivity contribution in [2.75, 3.05) is 20.8 Å². The van der Waals surface area contributed by atoms with Gasteiger partial charge in [-0.2, -0.15) is 0 Å². The molecule has 92 valence electrons. The number of amides is 2. The monoisotopic (exact) mass is 231 g/mol. The average molecular weight is 231 g/mol. The number of likely N-dealkylation sites (tertiary alicyclic amines) is 1. The van der Waals surface area contributed by atoms with Crippen LogP contribution in [0.4, 0.5) is 0 Å². The normalized spacial score (nSPS) is 24.5. The molecule has 7 nitrogen and oxygen atoms in total. The van der Waals surface area contributed by atoms with Crippen LogP contribution in [-0.2, 0) is 19.1 Å². The minimum absolute atomic E-state index is 0.130. The fourth-order valence-corrected chi connectivity index (χ4v) is 2.07. The predicted octanol–water partition coefficient (Wildman–Crippen LogP) is -1.63. The molecule has 1 atom stereocenters. The second-order valence-corrected chi connectivity index (χ2v) is 3.67. The van der Waals surface area contributed by atoms with Gasteiger partial charge in [0.2, 0.25) is 17.7 Å². The molecule has 1 saturated heterocycles. The zero-order valence-electron chi connectivity index (χ0n) is 9.43. The van der Waals surface area contributed by atoms with E-state index in [0.717, 1.165) is 0 Å². The Hall–Kier alpha value is -1.18. The van der Waals surface area contributed by atoms with E-state index in [9.17, 15) is 9.59 Å². The molecule has 4 N–H and O–H groups in total. The van der Waals surface area contributed by atoms with Gasteiger partial charge < -0.3 is 20.9 Å². The molecule has 0 aliphatic carbocycles. The summed E-state index contributed by atoms with van der Waals surface area (Å²) in [6.45, 7) is -0.130. The number of carbonyl (C=O) groups excluding carboxylic acids is 2. The maximum Gasteiger partial charge on any atom is 0.234 e. The van der Waals surface area contributed by atoms with E-state index in [1.54, 1.807) is 0 Å². The van der Waals surface area contributed by atoms with Crippen LogP contribution in [0.25, 0.3) is 0 Å². The third kappa shape index (κ3) is 2.16. The number of hydrogen-bond donors (Lipinski definition) is 2. The summed E-state index contributed by atoms with van der Waals surface area (Å²) in [6, 6.07) is -0.590. The van der Waals surface area contributed by atoms with E-state index in [4.69, 9.17) is 20.9 Å². The summed E-state index contributed by atoms with van der Waals surface area (Å²) >= 11 is 0. The number of primary amides is 2. The maximum atomic E-state index is 11.2. The van der Waals surface area contributed by atoms with E-state index in [2.05, 4.69) is 0 Å². The molecule has 1 aliphatic rings. The first-order valence-corrected chi connectivity index (χ1v) is 4.91. The molecule has 1 aliphatic heterocycles. The van der Waals surface area contributed by atoms with Gasteiger partial charge in [-0.05, 0) is 6.42 Å². The molecule has 7 heteroatoms. The first-order chi connectivity index (χ1) is 7.46. The van der Waals surface area contributed by atoms with E-state index in [-0.39, 0.29) is 6.54 Å². The lowest BCUT2D eigenvalue weighted by atomic mass is 10.2. The molecule has 16 heavy (non-hydrogen) atoms. The van der Waals surface area contributed by atoms with Crippen molar-refractivity contribution in [2.45, 2.75) is 24.8 Å². The number of hydrogen-bond acceptors (Lipinski definition) is 5. The number of nitrogens with zero attached hydrogens (tertiary/aromatic N) is 1. The van der Waals surface area contributed by atoms with Gasteiger partial charge in [-0.25, -0.2) is 4.90 Å². The quantitative estimate of drug-likeness (QED) is 0.552. The Morgan fingerprint density at radius 2 is 1.94 bits per heavy atom. The van der Waals surface area contributed by atoms with Crippen molar-refractivity contribution in [3.63, 3.8) is 0 Å². The van der Waals surface area contributed by atoms with Crippen LogP contribution >= 0.6 is 0 Å². The second-order valence-electron chi connectivity index (χ2n) is 3.67. The van der Waals surface area contributed by atoms with Crippen molar-refractivity contribution in [3.8, 4) is 0 Å². The Labute approximate surface area is 93.6 Å². The molecule has 1 unspecified atom stereocenters. The van der Waals surface area contributed by atoms with Gasteiger partial charge in [-0.15, -0.1) is 0 Å². The summed E-state index contributed by atoms with van der Waals surface area (Å²) in [7, 11) is 2.89. The van der Waals surface area contributed by atoms with Crippen molar-refractivity contribution >= 4 is 11.8 Å². The van der Waals surface area contributed by atoms with Gasteiger partial charge in [0.05, 0.1) is 12.6 Å². The molecule has 0 radical (unpaired) electrons. The van der Waals surface area contributed by atoms with Crippen molar-refractivity contribution in [3.05, 3.63) is 0 Å². The molecule has 2 amide bonds. The topological polar surface area (TPSA) is 108 Å². The predicted molar refractivity (Wildman–Crippen MR) is 54.9 cm³/mol. The Kier molecular flexibility index (Phi) is 3.84. The zero-order chi connectivity index (χ0) is 12.3. The van der Waals surface area contributed by atoms with E-state index in [1.165, 1.54) is 19.1 Å². The maximum absolute atomic E-state index is 11.2. The van der Waals surface area contributed by atoms with Crippen LogP contribution in [0.2, 0.25) is 0 Å². The standard InChI is InChI=1S/C9H17N3O4/c1-15-9(16-2)4-3-6(8(11)14)12(9)5-7(10)13/h6H,3-5H2,1-2H3,(H2,10,13)(H2,11,14). The van der Waals surface area contributed by atoms with Gasteiger partial charge in [-0.3, -0.25) is 9.59 Å². The molecule has 0 aromatic rings. The number of methoxy groups -OCH3 is 2. The first kappa shape index (κ1) is 12.9. The van der Waals surface area contributed by atoms with Crippen molar-refractivity contribution in [1.29, 1.82) is 0 Å². The number of ether oxygens (including phenoxy) is 2. The Balaban J connectivity index is 2.95. The molecule has 0 spiro atoms. The first-order valence-electron chi connectivity index (χ1n) is 4.91. The molecular weight excluding hydrogens is 214 g/mol. The highest BCUT2D eigenvalue weighted by molar-refractivity contribution is 5.82. The van der Waals surface area contributed by atoms with E-state index < -0.39 is 23.8 Å². The molecule has 1 heterocycles. The molecule has 0 aromatic carbocycles. The highest BCUT2D eigenvalue weighted by Crippen LogP contribution is 2.34. The third-order valence-electron chi connectivity index (χ3n) is 2.84. The van der Waals surface area contributed by atoms with Crippen molar-refractivity contribution < 1.29 is 19.1 Å². The lowest BCUT2D eigenvalue weighted by molar-refractivity contribution is -0.281. The Bertz CT molecular complexity index is 290. The minimum Gasteiger partial charge on any atom is -0.369 e. The van der Waals surface area contributed by atoms with Gasteiger partial charge in [0.15, 0.2) is 0 Å². The largest absolute Gasteiger partial charge is 0.369 e. The SMILES string of the molecule is COC1(OC)CCC(C(N)=O)N1CC(N)=O. The van der Waals surface area contributed by atoms with Gasteiger partial charge in [-0.1, -0.05) is 0 Å². The molecular formula is C9H17N3O4. The summed E-state index contributed by atoms with van der Waals surface area (Å²) in [5.74, 6) is -2.17. The molecule has 1 fully saturated rings. The summed E-state index contributed by atoms with van der Waals surface area (Å²) in [5, 5.41) is 0. The smallest absolute Gasteiger partial charge is 0.234 e. The van der Waals surface area contributed by atoms with Crippen LogP contribution < -0.4 is 11.5 Å². The van der Waals surface area contributed by atoms with Crippen LogP contribution in [0.5, 0.6) is 0 Å². The average Bonchev–Trinajstić information content (AvgIpc) is 2.56. The Morgan fingerprint density at radius 3 is 2.31 bits per heavy atom. The van der Waals surface area contributed by atoms with Gasteiger partial charge in [0.1, 0.15) is 0 Å². The fourth-order valence-electron chi connectivity index (χ4n) is 2.07. The lowest BCUT2D eigenvalue weighted by Crippen LogP contribution is -2.56. The summed E-state index contributed by atoms with van der Waals surface area (Å²) in [4.78, 5) is 23.6. The summed E-state index contributed by atoms with van der Waals surface area (Å²) < 4.78 is 10.5. The van der Waals surface area contributed by atoms with E-state index in [1.807, 2.05) is 0 Å². The number of carbonyl (C=O) groups is 2. The third-order valence-corrected chi connectivity index (χ3v) is 2.84. The minimum atomic E-state index is -1.09. The van der Waals surface area contributed by atoms with Gasteiger partial charge in [0.25, 0.3) is 0 Å². The van der Waals surface area contributed by atoms with Crippen LogP contribution in [0, 0.1) is 0 Å². The van der Waals surface area contributed by atoms with Crippen molar-refractivity contribution in [1.82, 2.24) is 4.90 Å². The summed E-state index contributed by atoms with van der Waals surface area (Å²) in [6.07, 6.45) is 0.936. The van der Waals surface area contributed by atoms with Crippen LogP contribution in [0.1, 0.15) is 12.8 Å². The van der Waals surface area contributed by atoms with Gasteiger partial charge >= 0.3 is 0 Å². The van der Waals surface area contributed by atoms with E-state index in [0.29, 0.717) is 12.8 Å². The highest BCUT2D eigenvalue weighted by atomic mass is 16.7. The van der Waals surface area contributed by atoms with E-state index >= 15 is 0 Å². The Morgan fingerprint density at radius 1 is 1.38 bits per heavy atom. The van der Waals surface area contributed by atoms with Crippen molar-refractivity contribution in [2.24, 2.45) is 11.5 Å². The van der Waals surface area contributed by atoms with Gasteiger partial charge in [0, 0.05) is 20.6 Å². The number of rotatable bonds is 5. The van der Waals surface area contributed by atoms with Crippen LogP contribution in [0.15, 0.2) is 0 Å². The fraction of sp³-hybridized carbons (Fsp3) is 0.778. The summed E-state index contributed by atoms with van der Waals surface area (Å²) in [5.41, 5.74) is 10.4. The second kappa shape index (κ2) is 4.77. The highest BCUT2D eigenvalue weighted by Gasteiger charge is 2.49. The number of nitrogens with two attached hydrogens (primary N) is 2. The molecule has 1 rings (SSSR count). The lowest BCUT2D eigenvalue weighted by Gasteiger charge is -2.36. The zero-order valence-corrected chi connectivity index (χ0v) is 9.43. The molecule has 0 aromatic heterocycles. The molecule has 0 saturated carbocycles.